The van der Waals surface area contributed by atoms with Gasteiger partial charge in [0.25, 0.3) is 0 Å². The highest BCUT2D eigenvalue weighted by molar-refractivity contribution is 5.64. The molecule has 1 nitrogen and oxygen atoms in total. The molecule has 118 valence electrons. The Morgan fingerprint density at radius 3 is 1.68 bits per heavy atom. The van der Waals surface area contributed by atoms with E-state index in [1.165, 1.54) is 12.1 Å². The molecule has 0 aromatic heterocycles. The van der Waals surface area contributed by atoms with Crippen LogP contribution < -0.4 is 0 Å². The summed E-state index contributed by atoms with van der Waals surface area (Å²) in [5, 5.41) is 9.29. The second kappa shape index (κ2) is 6.13. The molecule has 2 rings (SSSR count). The van der Waals surface area contributed by atoms with Gasteiger partial charge in [0.1, 0.15) is 0 Å². The van der Waals surface area contributed by atoms with Crippen molar-refractivity contribution in [3.05, 3.63) is 59.7 Å². The van der Waals surface area contributed by atoms with Crippen LogP contribution in [-0.2, 0) is 12.6 Å². The van der Waals surface area contributed by atoms with Crippen molar-refractivity contribution in [3.63, 3.8) is 0 Å². The Balaban J connectivity index is 2.17. The summed E-state index contributed by atoms with van der Waals surface area (Å²) in [4.78, 5) is 0. The normalized spacial score (nSPS) is 12.5. The van der Waals surface area contributed by atoms with Crippen molar-refractivity contribution >= 4 is 0 Å². The molecule has 0 unspecified atom stereocenters. The summed E-state index contributed by atoms with van der Waals surface area (Å²) in [5.74, 6) is 0. The Labute approximate surface area is 128 Å². The van der Waals surface area contributed by atoms with Gasteiger partial charge in [-0.1, -0.05) is 50.2 Å². The van der Waals surface area contributed by atoms with Crippen molar-refractivity contribution in [3.8, 4) is 11.1 Å². The summed E-state index contributed by atoms with van der Waals surface area (Å²) in [6.45, 7) is 4.07. The maximum absolute atomic E-state index is 12.5. The Morgan fingerprint density at radius 2 is 1.27 bits per heavy atom. The molecule has 0 heterocycles. The van der Waals surface area contributed by atoms with Gasteiger partial charge in [-0.05, 0) is 40.7 Å². The van der Waals surface area contributed by atoms with Crippen molar-refractivity contribution in [2.75, 3.05) is 6.61 Å². The second-order valence-electron chi connectivity index (χ2n) is 6.27. The first-order valence-corrected chi connectivity index (χ1v) is 7.09. The lowest BCUT2D eigenvalue weighted by atomic mass is 9.86. The standard InChI is InChI=1S/C18H19F3O/c1-17(2,12-22)11-13-3-5-14(6-4-13)15-7-9-16(10-8-15)18(19,20)21/h3-10,22H,11-12H2,1-2H3. The molecular formula is C18H19F3O. The first kappa shape index (κ1) is 16.6. The molecule has 0 radical (unpaired) electrons. The van der Waals surface area contributed by atoms with Crippen molar-refractivity contribution in [2.45, 2.75) is 26.4 Å². The average molecular weight is 308 g/mol. The van der Waals surface area contributed by atoms with E-state index in [1.807, 2.05) is 38.1 Å². The molecule has 0 spiro atoms. The second-order valence-corrected chi connectivity index (χ2v) is 6.27. The van der Waals surface area contributed by atoms with Crippen LogP contribution in [0.5, 0.6) is 0 Å². The van der Waals surface area contributed by atoms with E-state index in [4.69, 9.17) is 0 Å². The number of halogens is 3. The molecule has 22 heavy (non-hydrogen) atoms. The maximum Gasteiger partial charge on any atom is 0.416 e. The number of benzene rings is 2. The van der Waals surface area contributed by atoms with Gasteiger partial charge in [-0.3, -0.25) is 0 Å². The fourth-order valence-electron chi connectivity index (χ4n) is 2.28. The van der Waals surface area contributed by atoms with Gasteiger partial charge >= 0.3 is 6.18 Å². The topological polar surface area (TPSA) is 20.2 Å². The molecule has 2 aromatic carbocycles. The zero-order valence-electron chi connectivity index (χ0n) is 12.6. The van der Waals surface area contributed by atoms with Gasteiger partial charge in [0.05, 0.1) is 5.56 Å². The summed E-state index contributed by atoms with van der Waals surface area (Å²) in [6.07, 6.45) is -3.56. The van der Waals surface area contributed by atoms with Gasteiger partial charge in [0, 0.05) is 6.61 Å². The van der Waals surface area contributed by atoms with E-state index in [9.17, 15) is 18.3 Å². The van der Waals surface area contributed by atoms with Crippen LogP contribution in [-0.4, -0.2) is 11.7 Å². The van der Waals surface area contributed by atoms with E-state index in [0.29, 0.717) is 0 Å². The van der Waals surface area contributed by atoms with Crippen LogP contribution >= 0.6 is 0 Å². The highest BCUT2D eigenvalue weighted by atomic mass is 19.4. The van der Waals surface area contributed by atoms with Crippen LogP contribution in [0.25, 0.3) is 11.1 Å². The van der Waals surface area contributed by atoms with E-state index in [1.54, 1.807) is 0 Å². The van der Waals surface area contributed by atoms with Crippen LogP contribution in [0.15, 0.2) is 48.5 Å². The first-order chi connectivity index (χ1) is 10.2. The Morgan fingerprint density at radius 1 is 0.818 bits per heavy atom. The predicted octanol–water partition coefficient (Wildman–Crippen LogP) is 4.93. The summed E-state index contributed by atoms with van der Waals surface area (Å²) < 4.78 is 37.6. The minimum atomic E-state index is -4.31. The molecule has 2 aromatic rings. The molecule has 0 bridgehead atoms. The number of alkyl halides is 3. The highest BCUT2D eigenvalue weighted by Gasteiger charge is 2.29. The summed E-state index contributed by atoms with van der Waals surface area (Å²) in [5.41, 5.74) is 1.89. The van der Waals surface area contributed by atoms with Crippen LogP contribution in [0.3, 0.4) is 0 Å². The van der Waals surface area contributed by atoms with Crippen LogP contribution in [0, 0.1) is 5.41 Å². The molecular weight excluding hydrogens is 289 g/mol. The number of rotatable bonds is 4. The van der Waals surface area contributed by atoms with Gasteiger partial charge in [-0.2, -0.15) is 13.2 Å². The van der Waals surface area contributed by atoms with Gasteiger partial charge in [-0.25, -0.2) is 0 Å². The van der Waals surface area contributed by atoms with Gasteiger partial charge in [0.2, 0.25) is 0 Å². The minimum absolute atomic E-state index is 0.105. The lowest BCUT2D eigenvalue weighted by molar-refractivity contribution is -0.137. The molecule has 0 saturated carbocycles. The van der Waals surface area contributed by atoms with E-state index in [2.05, 4.69) is 0 Å². The molecule has 4 heteroatoms. The van der Waals surface area contributed by atoms with Crippen molar-refractivity contribution in [2.24, 2.45) is 5.41 Å². The highest BCUT2D eigenvalue weighted by Crippen LogP contribution is 2.31. The van der Waals surface area contributed by atoms with Gasteiger partial charge < -0.3 is 5.11 Å². The average Bonchev–Trinajstić information content (AvgIpc) is 2.47. The number of hydrogen-bond acceptors (Lipinski definition) is 1. The summed E-state index contributed by atoms with van der Waals surface area (Å²) in [6, 6.07) is 12.8. The molecule has 0 aliphatic carbocycles. The Hall–Kier alpha value is -1.81. The van der Waals surface area contributed by atoms with Gasteiger partial charge in [-0.15, -0.1) is 0 Å². The molecule has 0 fully saturated rings. The maximum atomic E-state index is 12.5. The fourth-order valence-corrected chi connectivity index (χ4v) is 2.28. The van der Waals surface area contributed by atoms with E-state index in [0.717, 1.165) is 35.2 Å². The zero-order chi connectivity index (χ0) is 16.4. The van der Waals surface area contributed by atoms with Crippen LogP contribution in [0.2, 0.25) is 0 Å². The van der Waals surface area contributed by atoms with Crippen molar-refractivity contribution in [1.29, 1.82) is 0 Å². The SMILES string of the molecule is CC(C)(CO)Cc1ccc(-c2ccc(C(F)(F)F)cc2)cc1. The van der Waals surface area contributed by atoms with E-state index < -0.39 is 11.7 Å². The van der Waals surface area contributed by atoms with Crippen molar-refractivity contribution < 1.29 is 18.3 Å². The number of aliphatic hydroxyl groups excluding tert-OH is 1. The predicted molar refractivity (Wildman–Crippen MR) is 81.5 cm³/mol. The third-order valence-corrected chi connectivity index (χ3v) is 3.61. The first-order valence-electron chi connectivity index (χ1n) is 7.09. The smallest absolute Gasteiger partial charge is 0.396 e. The monoisotopic (exact) mass is 308 g/mol. The zero-order valence-corrected chi connectivity index (χ0v) is 12.6. The Kier molecular flexibility index (Phi) is 4.61. The van der Waals surface area contributed by atoms with Crippen LogP contribution in [0.1, 0.15) is 25.0 Å². The molecule has 0 aliphatic heterocycles. The fraction of sp³-hybridized carbons (Fsp3) is 0.333. The summed E-state index contributed by atoms with van der Waals surface area (Å²) in [7, 11) is 0. The van der Waals surface area contributed by atoms with E-state index in [-0.39, 0.29) is 12.0 Å². The quantitative estimate of drug-likeness (QED) is 0.849. The van der Waals surface area contributed by atoms with Crippen LogP contribution in [0.4, 0.5) is 13.2 Å². The minimum Gasteiger partial charge on any atom is -0.396 e. The molecule has 1 N–H and O–H groups in total. The van der Waals surface area contributed by atoms with Gasteiger partial charge in [0.15, 0.2) is 0 Å². The third kappa shape index (κ3) is 4.10. The van der Waals surface area contributed by atoms with Crippen molar-refractivity contribution in [1.82, 2.24) is 0 Å². The Bertz CT molecular complexity index is 610. The molecule has 0 atom stereocenters. The third-order valence-electron chi connectivity index (χ3n) is 3.61. The lowest BCUT2D eigenvalue weighted by Crippen LogP contribution is -2.19. The lowest BCUT2D eigenvalue weighted by Gasteiger charge is -2.21. The largest absolute Gasteiger partial charge is 0.416 e. The molecule has 0 saturated heterocycles. The number of aliphatic hydroxyl groups is 1. The number of hydrogen-bond donors (Lipinski definition) is 1. The molecule has 0 aliphatic rings. The summed E-state index contributed by atoms with van der Waals surface area (Å²) >= 11 is 0. The van der Waals surface area contributed by atoms with E-state index >= 15 is 0 Å². The molecule has 0 amide bonds.